The van der Waals surface area contributed by atoms with E-state index in [0.717, 1.165) is 29.8 Å². The SMILES string of the molecule is CCCc1c(CCl)nnn1Cc1ccc(F)cc1. The first kappa shape index (κ1) is 13.0. The summed E-state index contributed by atoms with van der Waals surface area (Å²) < 4.78 is 14.7. The van der Waals surface area contributed by atoms with Gasteiger partial charge in [-0.15, -0.1) is 16.7 Å². The van der Waals surface area contributed by atoms with Gasteiger partial charge in [-0.1, -0.05) is 30.7 Å². The van der Waals surface area contributed by atoms with Crippen molar-refractivity contribution in [3.63, 3.8) is 0 Å². The third-order valence-corrected chi connectivity index (χ3v) is 3.03. The van der Waals surface area contributed by atoms with E-state index < -0.39 is 0 Å². The molecule has 1 aromatic heterocycles. The Labute approximate surface area is 111 Å². The first-order valence-electron chi connectivity index (χ1n) is 5.96. The van der Waals surface area contributed by atoms with Gasteiger partial charge in [0.05, 0.1) is 18.1 Å². The zero-order valence-electron chi connectivity index (χ0n) is 10.2. The Morgan fingerprint density at radius 2 is 2.00 bits per heavy atom. The van der Waals surface area contributed by atoms with Crippen LogP contribution in [0.3, 0.4) is 0 Å². The number of benzene rings is 1. The summed E-state index contributed by atoms with van der Waals surface area (Å²) in [5.74, 6) is 0.145. The van der Waals surface area contributed by atoms with Crippen molar-refractivity contribution in [1.29, 1.82) is 0 Å². The smallest absolute Gasteiger partial charge is 0.123 e. The minimum Gasteiger partial charge on any atom is -0.245 e. The highest BCUT2D eigenvalue weighted by Gasteiger charge is 2.11. The molecular weight excluding hydrogens is 253 g/mol. The fourth-order valence-electron chi connectivity index (χ4n) is 1.87. The van der Waals surface area contributed by atoms with E-state index in [4.69, 9.17) is 11.6 Å². The lowest BCUT2D eigenvalue weighted by molar-refractivity contribution is 0.606. The second kappa shape index (κ2) is 5.96. The Hall–Kier alpha value is -1.42. The van der Waals surface area contributed by atoms with Crippen molar-refractivity contribution in [3.05, 3.63) is 47.0 Å². The van der Waals surface area contributed by atoms with Crippen molar-refractivity contribution in [2.45, 2.75) is 32.2 Å². The maximum absolute atomic E-state index is 12.8. The molecule has 0 spiro atoms. The van der Waals surface area contributed by atoms with E-state index in [1.54, 1.807) is 12.1 Å². The van der Waals surface area contributed by atoms with Crippen LogP contribution in [0.2, 0.25) is 0 Å². The normalized spacial score (nSPS) is 10.8. The van der Waals surface area contributed by atoms with E-state index in [1.165, 1.54) is 12.1 Å². The molecule has 5 heteroatoms. The highest BCUT2D eigenvalue weighted by molar-refractivity contribution is 6.16. The number of hydrogen-bond acceptors (Lipinski definition) is 2. The highest BCUT2D eigenvalue weighted by Crippen LogP contribution is 2.13. The molecule has 0 fully saturated rings. The summed E-state index contributed by atoms with van der Waals surface area (Å²) in [4.78, 5) is 0. The molecule has 0 aliphatic carbocycles. The lowest BCUT2D eigenvalue weighted by Crippen LogP contribution is -2.07. The van der Waals surface area contributed by atoms with E-state index in [0.29, 0.717) is 12.4 Å². The molecule has 2 aromatic rings. The van der Waals surface area contributed by atoms with Crippen molar-refractivity contribution >= 4 is 11.6 Å². The topological polar surface area (TPSA) is 30.7 Å². The molecule has 0 radical (unpaired) electrons. The summed E-state index contributed by atoms with van der Waals surface area (Å²) in [6.07, 6.45) is 1.91. The first-order chi connectivity index (χ1) is 8.74. The quantitative estimate of drug-likeness (QED) is 0.779. The molecule has 0 bridgehead atoms. The van der Waals surface area contributed by atoms with E-state index in [1.807, 2.05) is 4.68 Å². The van der Waals surface area contributed by atoms with Crippen LogP contribution in [0.4, 0.5) is 4.39 Å². The molecule has 0 aliphatic heterocycles. The Bertz CT molecular complexity index is 507. The van der Waals surface area contributed by atoms with Crippen LogP contribution in [-0.2, 0) is 18.8 Å². The molecule has 1 heterocycles. The van der Waals surface area contributed by atoms with Gasteiger partial charge in [-0.25, -0.2) is 9.07 Å². The lowest BCUT2D eigenvalue weighted by atomic mass is 10.2. The molecule has 3 nitrogen and oxygen atoms in total. The van der Waals surface area contributed by atoms with Gasteiger partial charge in [0.15, 0.2) is 0 Å². The lowest BCUT2D eigenvalue weighted by Gasteiger charge is -2.06. The summed E-state index contributed by atoms with van der Waals surface area (Å²) >= 11 is 5.84. The van der Waals surface area contributed by atoms with Crippen molar-refractivity contribution in [3.8, 4) is 0 Å². The minimum absolute atomic E-state index is 0.229. The Balaban J connectivity index is 2.22. The summed E-state index contributed by atoms with van der Waals surface area (Å²) in [6.45, 7) is 2.70. The maximum Gasteiger partial charge on any atom is 0.123 e. The Kier molecular flexibility index (Phi) is 4.31. The molecule has 2 rings (SSSR count). The van der Waals surface area contributed by atoms with Gasteiger partial charge in [-0.05, 0) is 24.1 Å². The fourth-order valence-corrected chi connectivity index (χ4v) is 2.08. The van der Waals surface area contributed by atoms with Crippen LogP contribution in [0, 0.1) is 5.82 Å². The van der Waals surface area contributed by atoms with Crippen molar-refractivity contribution in [2.75, 3.05) is 0 Å². The summed E-state index contributed by atoms with van der Waals surface area (Å²) in [5, 5.41) is 8.19. The third-order valence-electron chi connectivity index (χ3n) is 2.78. The van der Waals surface area contributed by atoms with Gasteiger partial charge in [0.25, 0.3) is 0 Å². The van der Waals surface area contributed by atoms with Crippen LogP contribution >= 0.6 is 11.6 Å². The largest absolute Gasteiger partial charge is 0.245 e. The van der Waals surface area contributed by atoms with Gasteiger partial charge < -0.3 is 0 Å². The number of halogens is 2. The molecule has 0 amide bonds. The zero-order valence-corrected chi connectivity index (χ0v) is 11.0. The number of rotatable bonds is 5. The first-order valence-corrected chi connectivity index (χ1v) is 6.49. The van der Waals surface area contributed by atoms with Gasteiger partial charge in [-0.3, -0.25) is 0 Å². The summed E-state index contributed by atoms with van der Waals surface area (Å²) in [7, 11) is 0. The predicted molar refractivity (Wildman–Crippen MR) is 69.1 cm³/mol. The Morgan fingerprint density at radius 3 is 2.61 bits per heavy atom. The maximum atomic E-state index is 12.8. The molecule has 0 saturated heterocycles. The van der Waals surface area contributed by atoms with Crippen LogP contribution in [0.25, 0.3) is 0 Å². The minimum atomic E-state index is -0.229. The van der Waals surface area contributed by atoms with E-state index in [-0.39, 0.29) is 5.82 Å². The van der Waals surface area contributed by atoms with E-state index in [9.17, 15) is 4.39 Å². The number of alkyl halides is 1. The molecule has 18 heavy (non-hydrogen) atoms. The van der Waals surface area contributed by atoms with Gasteiger partial charge in [0, 0.05) is 0 Å². The molecule has 1 aromatic carbocycles. The predicted octanol–water partition coefficient (Wildman–Crippen LogP) is 3.16. The van der Waals surface area contributed by atoms with Crippen molar-refractivity contribution in [2.24, 2.45) is 0 Å². The van der Waals surface area contributed by atoms with Gasteiger partial charge >= 0.3 is 0 Å². The molecule has 0 saturated carbocycles. The number of hydrogen-bond donors (Lipinski definition) is 0. The van der Waals surface area contributed by atoms with E-state index >= 15 is 0 Å². The van der Waals surface area contributed by atoms with Gasteiger partial charge in [0.1, 0.15) is 11.5 Å². The summed E-state index contributed by atoms with van der Waals surface area (Å²) in [6, 6.07) is 6.42. The monoisotopic (exact) mass is 267 g/mol. The van der Waals surface area contributed by atoms with Crippen molar-refractivity contribution < 1.29 is 4.39 Å². The molecule has 0 unspecified atom stereocenters. The number of aromatic nitrogens is 3. The fraction of sp³-hybridized carbons (Fsp3) is 0.385. The van der Waals surface area contributed by atoms with Crippen LogP contribution in [0.5, 0.6) is 0 Å². The number of nitrogens with zero attached hydrogens (tertiary/aromatic N) is 3. The Morgan fingerprint density at radius 1 is 1.28 bits per heavy atom. The molecule has 96 valence electrons. The second-order valence-electron chi connectivity index (χ2n) is 4.15. The van der Waals surface area contributed by atoms with Crippen LogP contribution in [0.15, 0.2) is 24.3 Å². The molecule has 0 N–H and O–H groups in total. The standard InChI is InChI=1S/C13H15ClFN3/c1-2-3-13-12(8-14)16-17-18(13)9-10-4-6-11(15)7-5-10/h4-7H,2-3,8-9H2,1H3. The van der Waals surface area contributed by atoms with E-state index in [2.05, 4.69) is 17.2 Å². The summed E-state index contributed by atoms with van der Waals surface area (Å²) in [5.41, 5.74) is 2.90. The molecule has 0 aliphatic rings. The zero-order chi connectivity index (χ0) is 13.0. The van der Waals surface area contributed by atoms with Crippen molar-refractivity contribution in [1.82, 2.24) is 15.0 Å². The highest BCUT2D eigenvalue weighted by atomic mass is 35.5. The van der Waals surface area contributed by atoms with Gasteiger partial charge in [0.2, 0.25) is 0 Å². The third kappa shape index (κ3) is 2.88. The van der Waals surface area contributed by atoms with Crippen LogP contribution in [-0.4, -0.2) is 15.0 Å². The van der Waals surface area contributed by atoms with Gasteiger partial charge in [-0.2, -0.15) is 0 Å². The average Bonchev–Trinajstić information content (AvgIpc) is 2.75. The molecular formula is C13H15ClFN3. The average molecular weight is 268 g/mol. The molecule has 0 atom stereocenters. The van der Waals surface area contributed by atoms with Crippen LogP contribution < -0.4 is 0 Å². The van der Waals surface area contributed by atoms with Crippen LogP contribution in [0.1, 0.15) is 30.3 Å². The second-order valence-corrected chi connectivity index (χ2v) is 4.42.